The Morgan fingerprint density at radius 2 is 1.75 bits per heavy atom. The maximum Gasteiger partial charge on any atom is 0.244 e. The van der Waals surface area contributed by atoms with Gasteiger partial charge in [0.2, 0.25) is 5.91 Å². The number of anilines is 1. The molecule has 1 saturated heterocycles. The zero-order valence-corrected chi connectivity index (χ0v) is 12.9. The largest absolute Gasteiger partial charge is 0.324 e. The lowest BCUT2D eigenvalue weighted by molar-refractivity contribution is -0.126. The van der Waals surface area contributed by atoms with Crippen LogP contribution in [0.1, 0.15) is 25.0 Å². The number of carbonyl (C=O) groups is 1. The van der Waals surface area contributed by atoms with Gasteiger partial charge in [0, 0.05) is 31.9 Å². The van der Waals surface area contributed by atoms with Crippen LogP contribution in [0.25, 0.3) is 0 Å². The summed E-state index contributed by atoms with van der Waals surface area (Å²) in [4.78, 5) is 14.9. The normalized spacial score (nSPS) is 17.0. The van der Waals surface area contributed by atoms with Crippen LogP contribution < -0.4 is 10.6 Å². The Morgan fingerprint density at radius 1 is 1.20 bits per heavy atom. The molecule has 0 aliphatic carbocycles. The van der Waals surface area contributed by atoms with Crippen LogP contribution in [0.2, 0.25) is 0 Å². The van der Waals surface area contributed by atoms with Crippen LogP contribution >= 0.6 is 0 Å². The lowest BCUT2D eigenvalue weighted by Gasteiger charge is -2.40. The molecule has 1 aromatic rings. The smallest absolute Gasteiger partial charge is 0.244 e. The van der Waals surface area contributed by atoms with Crippen molar-refractivity contribution in [1.82, 2.24) is 10.2 Å². The molecule has 0 spiro atoms. The van der Waals surface area contributed by atoms with Crippen LogP contribution in [0.3, 0.4) is 0 Å². The zero-order valence-electron chi connectivity index (χ0n) is 12.9. The van der Waals surface area contributed by atoms with Gasteiger partial charge in [-0.15, -0.1) is 0 Å². The molecule has 2 N–H and O–H groups in total. The highest BCUT2D eigenvalue weighted by Crippen LogP contribution is 2.23. The molecule has 0 unspecified atom stereocenters. The third kappa shape index (κ3) is 3.02. The molecule has 4 nitrogen and oxygen atoms in total. The summed E-state index contributed by atoms with van der Waals surface area (Å²) < 4.78 is 0. The molecular weight excluding hydrogens is 250 g/mol. The van der Waals surface area contributed by atoms with E-state index in [-0.39, 0.29) is 5.91 Å². The minimum atomic E-state index is -0.489. The summed E-state index contributed by atoms with van der Waals surface area (Å²) >= 11 is 0. The summed E-state index contributed by atoms with van der Waals surface area (Å²) in [6.07, 6.45) is 0. The molecule has 20 heavy (non-hydrogen) atoms. The summed E-state index contributed by atoms with van der Waals surface area (Å²) in [7, 11) is 0. The third-order valence-electron chi connectivity index (χ3n) is 4.18. The number of hydrogen-bond acceptors (Lipinski definition) is 3. The monoisotopic (exact) mass is 275 g/mol. The van der Waals surface area contributed by atoms with Gasteiger partial charge in [-0.3, -0.25) is 9.69 Å². The van der Waals surface area contributed by atoms with E-state index >= 15 is 0 Å². The maximum absolute atomic E-state index is 12.7. The first kappa shape index (κ1) is 15.0. The number of amides is 1. The highest BCUT2D eigenvalue weighted by Gasteiger charge is 2.35. The fraction of sp³-hybridized carbons (Fsp3) is 0.562. The summed E-state index contributed by atoms with van der Waals surface area (Å²) in [6, 6.07) is 6.07. The first-order valence-corrected chi connectivity index (χ1v) is 7.26. The van der Waals surface area contributed by atoms with Crippen molar-refractivity contribution in [2.75, 3.05) is 31.5 Å². The molecule has 110 valence electrons. The quantitative estimate of drug-likeness (QED) is 0.886. The van der Waals surface area contributed by atoms with Crippen LogP contribution in [-0.4, -0.2) is 42.5 Å². The summed E-state index contributed by atoms with van der Waals surface area (Å²) in [6.45, 7) is 11.8. The van der Waals surface area contributed by atoms with Gasteiger partial charge in [-0.1, -0.05) is 18.2 Å². The minimum absolute atomic E-state index is 0.0665. The summed E-state index contributed by atoms with van der Waals surface area (Å²) in [5, 5.41) is 6.44. The first-order valence-electron chi connectivity index (χ1n) is 7.26. The highest BCUT2D eigenvalue weighted by atomic mass is 16.2. The Labute approximate surface area is 121 Å². The molecule has 0 atom stereocenters. The number of benzene rings is 1. The van der Waals surface area contributed by atoms with E-state index in [4.69, 9.17) is 0 Å². The molecule has 0 saturated carbocycles. The fourth-order valence-electron chi connectivity index (χ4n) is 2.65. The lowest BCUT2D eigenvalue weighted by atomic mass is 9.99. The van der Waals surface area contributed by atoms with Gasteiger partial charge in [-0.2, -0.15) is 0 Å². The van der Waals surface area contributed by atoms with Crippen molar-refractivity contribution in [2.45, 2.75) is 33.2 Å². The van der Waals surface area contributed by atoms with Crippen LogP contribution in [0, 0.1) is 13.8 Å². The molecule has 4 heteroatoms. The molecule has 2 rings (SSSR count). The van der Waals surface area contributed by atoms with Gasteiger partial charge in [-0.05, 0) is 38.8 Å². The second-order valence-corrected chi connectivity index (χ2v) is 6.02. The van der Waals surface area contributed by atoms with E-state index in [0.29, 0.717) is 0 Å². The molecule has 1 fully saturated rings. The minimum Gasteiger partial charge on any atom is -0.324 e. The average molecular weight is 275 g/mol. The van der Waals surface area contributed by atoms with Gasteiger partial charge in [0.15, 0.2) is 0 Å². The second kappa shape index (κ2) is 5.94. The molecule has 1 amide bonds. The number of hydrogen-bond donors (Lipinski definition) is 2. The molecule has 0 radical (unpaired) electrons. The number of aryl methyl sites for hydroxylation is 2. The summed E-state index contributed by atoms with van der Waals surface area (Å²) in [5.74, 6) is 0.0665. The van der Waals surface area contributed by atoms with E-state index in [0.717, 1.165) is 43.0 Å². The number of carbonyl (C=O) groups excluding carboxylic acids is 1. The Kier molecular flexibility index (Phi) is 4.45. The van der Waals surface area contributed by atoms with Crippen LogP contribution in [-0.2, 0) is 4.79 Å². The molecule has 0 bridgehead atoms. The Hall–Kier alpha value is -1.39. The Bertz CT molecular complexity index is 470. The maximum atomic E-state index is 12.7. The van der Waals surface area contributed by atoms with E-state index in [1.165, 1.54) is 0 Å². The number of para-hydroxylation sites is 1. The molecule has 1 aliphatic rings. The zero-order chi connectivity index (χ0) is 14.8. The Morgan fingerprint density at radius 3 is 2.30 bits per heavy atom. The molecule has 1 aromatic carbocycles. The van der Waals surface area contributed by atoms with Crippen molar-refractivity contribution in [1.29, 1.82) is 0 Å². The standard InChI is InChI=1S/C16H25N3O/c1-12-6-5-7-13(2)14(12)18-15(20)16(3,4)19-10-8-17-9-11-19/h5-7,17H,8-11H2,1-4H3,(H,18,20). The van der Waals surface area contributed by atoms with Gasteiger partial charge in [-0.25, -0.2) is 0 Å². The SMILES string of the molecule is Cc1cccc(C)c1NC(=O)C(C)(C)N1CCNCC1. The number of nitrogens with one attached hydrogen (secondary N) is 2. The van der Waals surface area contributed by atoms with E-state index in [9.17, 15) is 4.79 Å². The van der Waals surface area contributed by atoms with Crippen LogP contribution in [0.15, 0.2) is 18.2 Å². The van der Waals surface area contributed by atoms with Gasteiger partial charge < -0.3 is 10.6 Å². The summed E-state index contributed by atoms with van der Waals surface area (Å²) in [5.41, 5.74) is 2.67. The molecule has 1 heterocycles. The average Bonchev–Trinajstić information content (AvgIpc) is 2.43. The molecule has 0 aromatic heterocycles. The van der Waals surface area contributed by atoms with Gasteiger partial charge in [0.1, 0.15) is 0 Å². The van der Waals surface area contributed by atoms with Crippen LogP contribution in [0.4, 0.5) is 5.69 Å². The van der Waals surface area contributed by atoms with E-state index < -0.39 is 5.54 Å². The fourth-order valence-corrected chi connectivity index (χ4v) is 2.65. The van der Waals surface area contributed by atoms with Crippen molar-refractivity contribution in [2.24, 2.45) is 0 Å². The van der Waals surface area contributed by atoms with Crippen molar-refractivity contribution in [3.63, 3.8) is 0 Å². The number of piperazine rings is 1. The lowest BCUT2D eigenvalue weighted by Crippen LogP contribution is -2.58. The van der Waals surface area contributed by atoms with Crippen LogP contribution in [0.5, 0.6) is 0 Å². The topological polar surface area (TPSA) is 44.4 Å². The van der Waals surface area contributed by atoms with Gasteiger partial charge >= 0.3 is 0 Å². The van der Waals surface area contributed by atoms with E-state index in [2.05, 4.69) is 15.5 Å². The highest BCUT2D eigenvalue weighted by molar-refractivity contribution is 5.98. The number of rotatable bonds is 3. The van der Waals surface area contributed by atoms with E-state index in [1.54, 1.807) is 0 Å². The van der Waals surface area contributed by atoms with Crippen molar-refractivity contribution in [3.8, 4) is 0 Å². The number of nitrogens with zero attached hydrogens (tertiary/aromatic N) is 1. The van der Waals surface area contributed by atoms with Gasteiger partial charge in [0.25, 0.3) is 0 Å². The molecule has 1 aliphatic heterocycles. The second-order valence-electron chi connectivity index (χ2n) is 6.02. The van der Waals surface area contributed by atoms with Crippen molar-refractivity contribution in [3.05, 3.63) is 29.3 Å². The first-order chi connectivity index (χ1) is 9.43. The van der Waals surface area contributed by atoms with E-state index in [1.807, 2.05) is 45.9 Å². The third-order valence-corrected chi connectivity index (χ3v) is 4.18. The molecular formula is C16H25N3O. The predicted molar refractivity (Wildman–Crippen MR) is 83.1 cm³/mol. The van der Waals surface area contributed by atoms with Crippen molar-refractivity contribution >= 4 is 11.6 Å². The Balaban J connectivity index is 2.14. The van der Waals surface area contributed by atoms with Gasteiger partial charge in [0.05, 0.1) is 5.54 Å². The predicted octanol–water partition coefficient (Wildman–Crippen LogP) is 1.93. The van der Waals surface area contributed by atoms with Crippen molar-refractivity contribution < 1.29 is 4.79 Å².